The van der Waals surface area contributed by atoms with E-state index in [2.05, 4.69) is 11.7 Å². The number of Topliss-reactive ketones (excluding diaryl/α,β-unsaturated/α-hetero) is 1. The molecule has 3 heteroatoms. The summed E-state index contributed by atoms with van der Waals surface area (Å²) in [7, 11) is 1.55. The van der Waals surface area contributed by atoms with E-state index in [1.807, 2.05) is 0 Å². The summed E-state index contributed by atoms with van der Waals surface area (Å²) in [6.07, 6.45) is 2.94. The van der Waals surface area contributed by atoms with E-state index in [0.29, 0.717) is 12.4 Å². The molecule has 0 unspecified atom stereocenters. The number of aliphatic hydroxyl groups excluding tert-OH is 1. The number of carbonyl (C=O) groups excluding carboxylic acids is 1. The quantitative estimate of drug-likeness (QED) is 0.688. The van der Waals surface area contributed by atoms with E-state index in [1.54, 1.807) is 14.0 Å². The first-order valence-electron chi connectivity index (χ1n) is 4.28. The van der Waals surface area contributed by atoms with E-state index in [9.17, 15) is 4.79 Å². The number of ether oxygens (including phenoxy) is 1. The first kappa shape index (κ1) is 14.1. The second-order valence-corrected chi connectivity index (χ2v) is 2.52. The topological polar surface area (TPSA) is 46.5 Å². The maximum absolute atomic E-state index is 10.2. The lowest BCUT2D eigenvalue weighted by atomic mass is 10.2. The van der Waals surface area contributed by atoms with Gasteiger partial charge in [0.2, 0.25) is 0 Å². The summed E-state index contributed by atoms with van der Waals surface area (Å²) in [5.74, 6) is 0.307. The van der Waals surface area contributed by atoms with Crippen molar-refractivity contribution in [1.82, 2.24) is 0 Å². The number of unbranched alkanes of at least 4 members (excludes halogenated alkanes) is 1. The van der Waals surface area contributed by atoms with Gasteiger partial charge in [0.25, 0.3) is 0 Å². The van der Waals surface area contributed by atoms with Gasteiger partial charge in [-0.1, -0.05) is 13.3 Å². The van der Waals surface area contributed by atoms with E-state index < -0.39 is 0 Å². The molecular formula is C9H20O3. The zero-order valence-corrected chi connectivity index (χ0v) is 8.30. The normalized spacial score (nSPS) is 8.67. The van der Waals surface area contributed by atoms with Crippen molar-refractivity contribution in [2.24, 2.45) is 0 Å². The fourth-order valence-electron chi connectivity index (χ4n) is 0.517. The highest BCUT2D eigenvalue weighted by atomic mass is 16.5. The third-order valence-electron chi connectivity index (χ3n) is 1.18. The molecule has 12 heavy (non-hydrogen) atoms. The highest BCUT2D eigenvalue weighted by molar-refractivity contribution is 5.75. The molecule has 0 spiro atoms. The molecule has 0 aromatic heterocycles. The van der Waals surface area contributed by atoms with Crippen molar-refractivity contribution in [1.29, 1.82) is 0 Å². The average Bonchev–Trinajstić information content (AvgIpc) is 2.03. The Labute approximate surface area is 74.7 Å². The lowest BCUT2D eigenvalue weighted by molar-refractivity contribution is -0.117. The summed E-state index contributed by atoms with van der Waals surface area (Å²) in [6.45, 7) is 4.29. The number of hydrogen-bond acceptors (Lipinski definition) is 3. The molecule has 0 atom stereocenters. The van der Waals surface area contributed by atoms with Crippen LogP contribution in [0.5, 0.6) is 0 Å². The number of methoxy groups -OCH3 is 1. The Hall–Kier alpha value is -0.410. The summed E-state index contributed by atoms with van der Waals surface area (Å²) < 4.78 is 4.44. The molecule has 0 aromatic rings. The molecule has 0 rings (SSSR count). The molecule has 0 radical (unpaired) electrons. The highest BCUT2D eigenvalue weighted by Gasteiger charge is 1.87. The second kappa shape index (κ2) is 13.2. The Kier molecular flexibility index (Phi) is 15.5. The van der Waals surface area contributed by atoms with Gasteiger partial charge < -0.3 is 14.6 Å². The van der Waals surface area contributed by atoms with Crippen LogP contribution in [-0.4, -0.2) is 31.2 Å². The van der Waals surface area contributed by atoms with Gasteiger partial charge in [-0.05, 0) is 13.3 Å². The summed E-state index contributed by atoms with van der Waals surface area (Å²) in [4.78, 5) is 10.2. The summed E-state index contributed by atoms with van der Waals surface area (Å²) in [5.41, 5.74) is 0. The van der Waals surface area contributed by atoms with Gasteiger partial charge in [0.15, 0.2) is 0 Å². The molecule has 0 aliphatic rings. The third-order valence-corrected chi connectivity index (χ3v) is 1.18. The average molecular weight is 176 g/mol. The van der Waals surface area contributed by atoms with Crippen LogP contribution in [0.1, 0.15) is 33.1 Å². The van der Waals surface area contributed by atoms with E-state index in [-0.39, 0.29) is 6.61 Å². The van der Waals surface area contributed by atoms with Gasteiger partial charge >= 0.3 is 0 Å². The Bertz CT molecular complexity index is 89.8. The number of ketones is 1. The Morgan fingerprint density at radius 3 is 2.17 bits per heavy atom. The minimum atomic E-state index is 0.122. The maximum atomic E-state index is 10.2. The fraction of sp³-hybridized carbons (Fsp3) is 0.889. The lowest BCUT2D eigenvalue weighted by Gasteiger charge is -1.86. The van der Waals surface area contributed by atoms with E-state index in [1.165, 1.54) is 0 Å². The van der Waals surface area contributed by atoms with Crippen molar-refractivity contribution in [3.05, 3.63) is 0 Å². The molecule has 0 aliphatic heterocycles. The minimum absolute atomic E-state index is 0.122. The van der Waals surface area contributed by atoms with Crippen molar-refractivity contribution in [3.8, 4) is 0 Å². The van der Waals surface area contributed by atoms with Crippen molar-refractivity contribution >= 4 is 5.78 Å². The van der Waals surface area contributed by atoms with Crippen molar-refractivity contribution < 1.29 is 14.6 Å². The van der Waals surface area contributed by atoms with Crippen LogP contribution in [0.15, 0.2) is 0 Å². The molecule has 3 nitrogen and oxygen atoms in total. The number of carbonyl (C=O) groups is 1. The molecule has 0 bridgehead atoms. The first-order chi connectivity index (χ1) is 5.68. The minimum Gasteiger partial charge on any atom is -0.394 e. The van der Waals surface area contributed by atoms with Gasteiger partial charge in [0.05, 0.1) is 13.2 Å². The number of hydrogen-bond donors (Lipinski definition) is 1. The van der Waals surface area contributed by atoms with Crippen LogP contribution in [0.2, 0.25) is 0 Å². The van der Waals surface area contributed by atoms with Crippen LogP contribution in [0.3, 0.4) is 0 Å². The second-order valence-electron chi connectivity index (χ2n) is 2.52. The largest absolute Gasteiger partial charge is 0.394 e. The fourth-order valence-corrected chi connectivity index (χ4v) is 0.517. The molecule has 0 amide bonds. The molecular weight excluding hydrogens is 156 g/mol. The first-order valence-corrected chi connectivity index (χ1v) is 4.28. The summed E-state index contributed by atoms with van der Waals surface area (Å²) in [6, 6.07) is 0. The van der Waals surface area contributed by atoms with Crippen LogP contribution < -0.4 is 0 Å². The number of aliphatic hydroxyl groups is 1. The van der Waals surface area contributed by atoms with Gasteiger partial charge in [0, 0.05) is 13.5 Å². The van der Waals surface area contributed by atoms with Crippen molar-refractivity contribution in [2.45, 2.75) is 33.1 Å². The molecule has 0 saturated heterocycles. The zero-order valence-electron chi connectivity index (χ0n) is 8.30. The van der Waals surface area contributed by atoms with Crippen LogP contribution in [0, 0.1) is 0 Å². The Balaban J connectivity index is 0. The van der Waals surface area contributed by atoms with E-state index in [0.717, 1.165) is 19.3 Å². The molecule has 74 valence electrons. The summed E-state index contributed by atoms with van der Waals surface area (Å²) >= 11 is 0. The van der Waals surface area contributed by atoms with Gasteiger partial charge in [-0.25, -0.2) is 0 Å². The molecule has 0 heterocycles. The third kappa shape index (κ3) is 22.6. The van der Waals surface area contributed by atoms with Crippen molar-refractivity contribution in [3.63, 3.8) is 0 Å². The Morgan fingerprint density at radius 2 is 2.08 bits per heavy atom. The van der Waals surface area contributed by atoms with Gasteiger partial charge in [0.1, 0.15) is 5.78 Å². The van der Waals surface area contributed by atoms with Crippen LogP contribution in [-0.2, 0) is 9.53 Å². The van der Waals surface area contributed by atoms with Crippen molar-refractivity contribution in [2.75, 3.05) is 20.3 Å². The Morgan fingerprint density at radius 1 is 1.50 bits per heavy atom. The van der Waals surface area contributed by atoms with Gasteiger partial charge in [-0.2, -0.15) is 0 Å². The molecule has 0 aliphatic carbocycles. The zero-order chi connectivity index (χ0) is 9.82. The lowest BCUT2D eigenvalue weighted by Crippen LogP contribution is -1.91. The maximum Gasteiger partial charge on any atom is 0.129 e. The molecule has 0 saturated carbocycles. The smallest absolute Gasteiger partial charge is 0.129 e. The molecule has 0 fully saturated rings. The standard InChI is InChI=1S/C6H12O.C3H8O2/c1-3-4-5-6(2)7;1-5-3-2-4/h3-5H2,1-2H3;4H,2-3H2,1H3. The van der Waals surface area contributed by atoms with Crippen LogP contribution >= 0.6 is 0 Å². The predicted molar refractivity (Wildman–Crippen MR) is 49.2 cm³/mol. The van der Waals surface area contributed by atoms with E-state index in [4.69, 9.17) is 5.11 Å². The van der Waals surface area contributed by atoms with Gasteiger partial charge in [-0.3, -0.25) is 0 Å². The monoisotopic (exact) mass is 176 g/mol. The molecule has 0 aromatic carbocycles. The predicted octanol–water partition coefficient (Wildman–Crippen LogP) is 1.39. The SMILES string of the molecule is CCCCC(C)=O.COCCO. The van der Waals surface area contributed by atoms with E-state index >= 15 is 0 Å². The van der Waals surface area contributed by atoms with Gasteiger partial charge in [-0.15, -0.1) is 0 Å². The number of rotatable bonds is 5. The van der Waals surface area contributed by atoms with Crippen LogP contribution in [0.4, 0.5) is 0 Å². The summed E-state index contributed by atoms with van der Waals surface area (Å²) in [5, 5.41) is 7.94. The molecule has 1 N–H and O–H groups in total. The highest BCUT2D eigenvalue weighted by Crippen LogP contribution is 1.92. The van der Waals surface area contributed by atoms with Crippen LogP contribution in [0.25, 0.3) is 0 Å².